The highest BCUT2D eigenvalue weighted by molar-refractivity contribution is 5.28. The Hall–Kier alpha value is -0.990. The molecular formula is C14H23N3. The maximum atomic E-state index is 4.41. The summed E-state index contributed by atoms with van der Waals surface area (Å²) in [5.74, 6) is 3.92. The lowest BCUT2D eigenvalue weighted by molar-refractivity contribution is 0.303. The first-order valence-corrected chi connectivity index (χ1v) is 7.05. The highest BCUT2D eigenvalue weighted by Gasteiger charge is 2.41. The van der Waals surface area contributed by atoms with Gasteiger partial charge in [-0.25, -0.2) is 4.98 Å². The topological polar surface area (TPSA) is 29.9 Å². The molecule has 3 rings (SSSR count). The Morgan fingerprint density at radius 3 is 3.00 bits per heavy atom. The molecule has 17 heavy (non-hydrogen) atoms. The lowest BCUT2D eigenvalue weighted by atomic mass is 9.84. The van der Waals surface area contributed by atoms with Crippen molar-refractivity contribution in [1.82, 2.24) is 9.55 Å². The molecule has 3 nitrogen and oxygen atoms in total. The maximum absolute atomic E-state index is 4.41. The van der Waals surface area contributed by atoms with Crippen LogP contribution in [0.25, 0.3) is 0 Å². The van der Waals surface area contributed by atoms with Gasteiger partial charge in [-0.1, -0.05) is 6.42 Å². The number of hydrogen-bond donors (Lipinski definition) is 1. The number of anilines is 1. The monoisotopic (exact) mass is 233 g/mol. The third kappa shape index (κ3) is 1.96. The summed E-state index contributed by atoms with van der Waals surface area (Å²) in [6, 6.07) is 0.568. The molecule has 1 N–H and O–H groups in total. The van der Waals surface area contributed by atoms with Crippen molar-refractivity contribution in [3.8, 4) is 0 Å². The van der Waals surface area contributed by atoms with E-state index >= 15 is 0 Å². The van der Waals surface area contributed by atoms with Crippen LogP contribution in [0.3, 0.4) is 0 Å². The minimum Gasteiger partial charge on any atom is -0.353 e. The molecule has 0 radical (unpaired) electrons. The van der Waals surface area contributed by atoms with Crippen LogP contribution in [0.2, 0.25) is 0 Å². The summed E-state index contributed by atoms with van der Waals surface area (Å²) in [5, 5.41) is 3.62. The van der Waals surface area contributed by atoms with Gasteiger partial charge < -0.3 is 9.88 Å². The quantitative estimate of drug-likeness (QED) is 0.866. The molecule has 0 amide bonds. The fraction of sp³-hybridized carbons (Fsp3) is 0.786. The second-order valence-corrected chi connectivity index (χ2v) is 5.81. The number of hydrogen-bond acceptors (Lipinski definition) is 2. The predicted octanol–water partition coefficient (Wildman–Crippen LogP) is 3.14. The van der Waals surface area contributed by atoms with Crippen molar-refractivity contribution in [2.75, 3.05) is 5.32 Å². The summed E-state index contributed by atoms with van der Waals surface area (Å²) in [6.45, 7) is 5.49. The Morgan fingerprint density at radius 2 is 2.35 bits per heavy atom. The second kappa shape index (κ2) is 4.35. The van der Waals surface area contributed by atoms with Gasteiger partial charge in [-0.3, -0.25) is 0 Å². The van der Waals surface area contributed by atoms with Crippen LogP contribution in [0.15, 0.2) is 12.4 Å². The van der Waals surface area contributed by atoms with E-state index in [0.717, 1.165) is 30.2 Å². The van der Waals surface area contributed by atoms with E-state index in [4.69, 9.17) is 0 Å². The fourth-order valence-electron chi connectivity index (χ4n) is 3.92. The van der Waals surface area contributed by atoms with Crippen molar-refractivity contribution in [3.63, 3.8) is 0 Å². The van der Waals surface area contributed by atoms with Gasteiger partial charge in [-0.15, -0.1) is 0 Å². The van der Waals surface area contributed by atoms with Gasteiger partial charge in [0.1, 0.15) is 0 Å². The molecule has 0 saturated heterocycles. The summed E-state index contributed by atoms with van der Waals surface area (Å²) >= 11 is 0. The number of fused-ring (bicyclic) bond motifs is 2. The fourth-order valence-corrected chi connectivity index (χ4v) is 3.92. The number of nitrogens with one attached hydrogen (secondary N) is 1. The summed E-state index contributed by atoms with van der Waals surface area (Å²) < 4.78 is 2.18. The number of aryl methyl sites for hydroxylation is 1. The van der Waals surface area contributed by atoms with Gasteiger partial charge in [-0.2, -0.15) is 0 Å². The molecule has 2 saturated carbocycles. The van der Waals surface area contributed by atoms with E-state index in [1.165, 1.54) is 25.7 Å². The van der Waals surface area contributed by atoms with E-state index in [2.05, 4.69) is 34.9 Å². The van der Waals surface area contributed by atoms with Crippen LogP contribution in [0.5, 0.6) is 0 Å². The SMILES string of the molecule is CCn1ccnc1NC(C)C1CC2CCC1C2. The normalized spacial score (nSPS) is 32.9. The zero-order valence-corrected chi connectivity index (χ0v) is 10.9. The van der Waals surface area contributed by atoms with Gasteiger partial charge in [0, 0.05) is 25.0 Å². The molecule has 2 aliphatic carbocycles. The standard InChI is InChI=1S/C14H23N3/c1-3-17-7-6-15-14(17)16-10(2)13-9-11-4-5-12(13)8-11/h6-7,10-13H,3-5,8-9H2,1-2H3,(H,15,16). The molecule has 2 bridgehead atoms. The van der Waals surface area contributed by atoms with Crippen LogP contribution < -0.4 is 5.32 Å². The highest BCUT2D eigenvalue weighted by Crippen LogP contribution is 2.49. The smallest absolute Gasteiger partial charge is 0.202 e. The lowest BCUT2D eigenvalue weighted by Gasteiger charge is -2.29. The summed E-state index contributed by atoms with van der Waals surface area (Å²) in [7, 11) is 0. The molecular weight excluding hydrogens is 210 g/mol. The van der Waals surface area contributed by atoms with E-state index in [0.29, 0.717) is 6.04 Å². The molecule has 4 unspecified atom stereocenters. The molecule has 0 aliphatic heterocycles. The molecule has 0 spiro atoms. The Labute approximate surface area is 104 Å². The first kappa shape index (κ1) is 11.1. The minimum absolute atomic E-state index is 0.568. The number of aromatic nitrogens is 2. The van der Waals surface area contributed by atoms with Gasteiger partial charge in [0.05, 0.1) is 0 Å². The molecule has 1 aromatic heterocycles. The summed E-state index contributed by atoms with van der Waals surface area (Å²) in [6.07, 6.45) is 9.81. The van der Waals surface area contributed by atoms with Crippen LogP contribution >= 0.6 is 0 Å². The Bertz CT molecular complexity index is 385. The third-order valence-corrected chi connectivity index (χ3v) is 4.85. The zero-order valence-electron chi connectivity index (χ0n) is 10.9. The molecule has 1 heterocycles. The minimum atomic E-state index is 0.568. The molecule has 2 aliphatic rings. The van der Waals surface area contributed by atoms with Crippen molar-refractivity contribution in [3.05, 3.63) is 12.4 Å². The van der Waals surface area contributed by atoms with Gasteiger partial charge in [0.2, 0.25) is 5.95 Å². The number of rotatable bonds is 4. The largest absolute Gasteiger partial charge is 0.353 e. The average Bonchev–Trinajstić information content (AvgIpc) is 3.03. The van der Waals surface area contributed by atoms with E-state index in [9.17, 15) is 0 Å². The van der Waals surface area contributed by atoms with Crippen molar-refractivity contribution < 1.29 is 0 Å². The van der Waals surface area contributed by atoms with Crippen LogP contribution in [-0.4, -0.2) is 15.6 Å². The van der Waals surface area contributed by atoms with Crippen molar-refractivity contribution >= 4 is 5.95 Å². The molecule has 94 valence electrons. The van der Waals surface area contributed by atoms with Crippen LogP contribution in [0.1, 0.15) is 39.5 Å². The number of imidazole rings is 1. The molecule has 2 fully saturated rings. The third-order valence-electron chi connectivity index (χ3n) is 4.85. The Balaban J connectivity index is 1.65. The predicted molar refractivity (Wildman–Crippen MR) is 69.9 cm³/mol. The lowest BCUT2D eigenvalue weighted by Crippen LogP contribution is -2.31. The molecule has 0 aromatic carbocycles. The summed E-state index contributed by atoms with van der Waals surface area (Å²) in [5.41, 5.74) is 0. The van der Waals surface area contributed by atoms with E-state index in [1.807, 2.05) is 6.20 Å². The zero-order chi connectivity index (χ0) is 11.8. The number of nitrogens with zero attached hydrogens (tertiary/aromatic N) is 2. The van der Waals surface area contributed by atoms with Crippen molar-refractivity contribution in [2.45, 2.75) is 52.1 Å². The molecule has 4 atom stereocenters. The van der Waals surface area contributed by atoms with Crippen LogP contribution in [0.4, 0.5) is 5.95 Å². The van der Waals surface area contributed by atoms with Crippen molar-refractivity contribution in [2.24, 2.45) is 17.8 Å². The molecule has 3 heteroatoms. The van der Waals surface area contributed by atoms with E-state index in [-0.39, 0.29) is 0 Å². The van der Waals surface area contributed by atoms with Gasteiger partial charge in [0.15, 0.2) is 0 Å². The maximum Gasteiger partial charge on any atom is 0.202 e. The Morgan fingerprint density at radius 1 is 1.47 bits per heavy atom. The van der Waals surface area contributed by atoms with Gasteiger partial charge in [-0.05, 0) is 50.9 Å². The highest BCUT2D eigenvalue weighted by atomic mass is 15.2. The second-order valence-electron chi connectivity index (χ2n) is 5.81. The van der Waals surface area contributed by atoms with E-state index in [1.54, 1.807) is 0 Å². The van der Waals surface area contributed by atoms with Gasteiger partial charge in [0.25, 0.3) is 0 Å². The first-order valence-electron chi connectivity index (χ1n) is 7.05. The Kier molecular flexibility index (Phi) is 2.85. The van der Waals surface area contributed by atoms with E-state index < -0.39 is 0 Å². The first-order chi connectivity index (χ1) is 8.28. The van der Waals surface area contributed by atoms with Gasteiger partial charge >= 0.3 is 0 Å². The average molecular weight is 233 g/mol. The van der Waals surface area contributed by atoms with Crippen LogP contribution in [-0.2, 0) is 6.54 Å². The molecule has 1 aromatic rings. The van der Waals surface area contributed by atoms with Crippen molar-refractivity contribution in [1.29, 1.82) is 0 Å². The summed E-state index contributed by atoms with van der Waals surface area (Å²) in [4.78, 5) is 4.41. The van der Waals surface area contributed by atoms with Crippen LogP contribution in [0, 0.1) is 17.8 Å².